The number of nitrogen functional groups attached to an aromatic ring is 1. The molecule has 2 aromatic carbocycles. The van der Waals surface area contributed by atoms with Gasteiger partial charge in [0, 0.05) is 37.7 Å². The van der Waals surface area contributed by atoms with Gasteiger partial charge in [-0.25, -0.2) is 4.39 Å². The minimum atomic E-state index is -0.264. The minimum Gasteiger partial charge on any atom is -0.397 e. The third-order valence-corrected chi connectivity index (χ3v) is 7.35. The molecule has 0 aliphatic carbocycles. The first-order valence-corrected chi connectivity index (χ1v) is 21.5. The van der Waals surface area contributed by atoms with Crippen LogP contribution in [0.3, 0.4) is 0 Å². The number of ether oxygens (including phenoxy) is 1. The molecule has 4 rings (SSSR count). The van der Waals surface area contributed by atoms with Gasteiger partial charge in [-0.15, -0.1) is 11.3 Å². The van der Waals surface area contributed by atoms with Gasteiger partial charge in [0.15, 0.2) is 0 Å². The lowest BCUT2D eigenvalue weighted by Crippen LogP contribution is -2.22. The van der Waals surface area contributed by atoms with Crippen molar-refractivity contribution in [1.29, 1.82) is 0 Å². The van der Waals surface area contributed by atoms with Crippen molar-refractivity contribution in [1.82, 2.24) is 5.32 Å². The Balaban J connectivity index is -0.000000200. The lowest BCUT2D eigenvalue weighted by atomic mass is 10.1. The molecule has 1 saturated heterocycles. The quantitative estimate of drug-likeness (QED) is 0.0705. The molecule has 0 saturated carbocycles. The number of unbranched alkanes of at least 4 members (excludes halogenated alkanes) is 4. The number of nitrogens with two attached hydrogens (primary N) is 2. The topological polar surface area (TPSA) is 123 Å². The number of hydrogen-bond acceptors (Lipinski definition) is 8. The highest BCUT2D eigenvalue weighted by Gasteiger charge is 2.11. The van der Waals surface area contributed by atoms with Crippen LogP contribution in [-0.4, -0.2) is 44.3 Å². The molecular weight excluding hydrogens is 696 g/mol. The third kappa shape index (κ3) is 34.4. The van der Waals surface area contributed by atoms with E-state index in [4.69, 9.17) is 21.3 Å². The largest absolute Gasteiger partial charge is 0.397 e. The second-order valence-electron chi connectivity index (χ2n) is 10.3. The minimum absolute atomic E-state index is 0.142. The van der Waals surface area contributed by atoms with Crippen LogP contribution >= 0.6 is 11.3 Å². The molecule has 9 heteroatoms. The van der Waals surface area contributed by atoms with E-state index in [0.717, 1.165) is 74.9 Å². The van der Waals surface area contributed by atoms with Crippen LogP contribution in [0.4, 0.5) is 15.8 Å². The molecular formula is C45H83FN4O3S. The summed E-state index contributed by atoms with van der Waals surface area (Å²) >= 11 is 1.73. The van der Waals surface area contributed by atoms with Crippen LogP contribution in [0, 0.1) is 5.82 Å². The number of hydrogen-bond donors (Lipinski definition) is 5. The number of anilines is 2. The van der Waals surface area contributed by atoms with Gasteiger partial charge in [-0.05, 0) is 91.1 Å². The average molecular weight is 779 g/mol. The van der Waals surface area contributed by atoms with E-state index in [1.54, 1.807) is 29.7 Å². The predicted octanol–water partition coefficient (Wildman–Crippen LogP) is 13.0. The maximum atomic E-state index is 12.7. The zero-order chi connectivity index (χ0) is 42.4. The molecule has 1 unspecified atom stereocenters. The molecule has 314 valence electrons. The molecule has 1 aliphatic heterocycles. The molecule has 54 heavy (non-hydrogen) atoms. The molecule has 0 bridgehead atoms. The monoisotopic (exact) mass is 779 g/mol. The van der Waals surface area contributed by atoms with E-state index in [2.05, 4.69) is 48.1 Å². The van der Waals surface area contributed by atoms with Gasteiger partial charge in [0.25, 0.3) is 0 Å². The van der Waals surface area contributed by atoms with E-state index in [0.29, 0.717) is 12.1 Å². The van der Waals surface area contributed by atoms with Crippen LogP contribution in [0.1, 0.15) is 146 Å². The fourth-order valence-corrected chi connectivity index (χ4v) is 4.76. The highest BCUT2D eigenvalue weighted by atomic mass is 32.1. The third-order valence-electron chi connectivity index (χ3n) is 6.43. The summed E-state index contributed by atoms with van der Waals surface area (Å²) in [6, 6.07) is 16.3. The first-order valence-electron chi connectivity index (χ1n) is 20.6. The van der Waals surface area contributed by atoms with Crippen molar-refractivity contribution in [3.8, 4) is 10.4 Å². The van der Waals surface area contributed by atoms with E-state index in [-0.39, 0.29) is 18.5 Å². The number of aldehydes is 1. The fraction of sp³-hybridized carbons (Fsp3) is 0.578. The zero-order valence-electron chi connectivity index (χ0n) is 36.7. The lowest BCUT2D eigenvalue weighted by Gasteiger charge is -2.19. The number of rotatable bonds is 12. The number of halogens is 1. The van der Waals surface area contributed by atoms with Gasteiger partial charge in [0.2, 0.25) is 0 Å². The number of benzene rings is 2. The number of nitrogens with one attached hydrogen (secondary N) is 2. The summed E-state index contributed by atoms with van der Waals surface area (Å²) in [5.41, 5.74) is 16.0. The Morgan fingerprint density at radius 3 is 1.96 bits per heavy atom. The van der Waals surface area contributed by atoms with Crippen LogP contribution in [0.15, 0.2) is 66.2 Å². The van der Waals surface area contributed by atoms with E-state index in [1.807, 2.05) is 88.4 Å². The van der Waals surface area contributed by atoms with Crippen molar-refractivity contribution in [2.75, 3.05) is 37.9 Å². The Morgan fingerprint density at radius 2 is 1.50 bits per heavy atom. The lowest BCUT2D eigenvalue weighted by molar-refractivity contribution is -0.107. The number of carbonyl (C=O) groups is 1. The molecule has 1 aliphatic rings. The highest BCUT2D eigenvalue weighted by Crippen LogP contribution is 2.29. The number of carbonyl (C=O) groups excluding carboxylic acids is 1. The first-order chi connectivity index (χ1) is 26.4. The molecule has 1 atom stereocenters. The van der Waals surface area contributed by atoms with Crippen LogP contribution in [0.5, 0.6) is 0 Å². The van der Waals surface area contributed by atoms with Gasteiger partial charge < -0.3 is 36.7 Å². The normalized spacial score (nSPS) is 12.0. The maximum absolute atomic E-state index is 12.7. The average Bonchev–Trinajstić information content (AvgIpc) is 3.80. The van der Waals surface area contributed by atoms with E-state index >= 15 is 0 Å². The van der Waals surface area contributed by atoms with Gasteiger partial charge in [0.1, 0.15) is 12.1 Å². The van der Waals surface area contributed by atoms with Crippen molar-refractivity contribution in [2.24, 2.45) is 5.73 Å². The first kappa shape index (κ1) is 59.9. The maximum Gasteiger partial charge on any atom is 0.123 e. The molecule has 0 amide bonds. The Kier molecular flexibility index (Phi) is 55.0. The van der Waals surface area contributed by atoms with Gasteiger partial charge >= 0.3 is 0 Å². The SMILES string of the molecule is CC.CC.CC.CC.CC.CCC.CNc1cc(-c2cccs2)ccc1N.N/C(=C\NCCCCCCC=O)c1ccc(F)cc1.OCC1CCCCO1. The summed E-state index contributed by atoms with van der Waals surface area (Å²) in [6.07, 6.45) is 12.4. The van der Waals surface area contributed by atoms with Crippen molar-refractivity contribution in [3.63, 3.8) is 0 Å². The van der Waals surface area contributed by atoms with Crippen molar-refractivity contribution in [2.45, 2.75) is 147 Å². The van der Waals surface area contributed by atoms with Crippen molar-refractivity contribution in [3.05, 3.63) is 77.6 Å². The molecule has 1 aromatic heterocycles. The van der Waals surface area contributed by atoms with E-state index in [9.17, 15) is 9.18 Å². The highest BCUT2D eigenvalue weighted by molar-refractivity contribution is 7.13. The van der Waals surface area contributed by atoms with Crippen molar-refractivity contribution < 1.29 is 19.0 Å². The Morgan fingerprint density at radius 1 is 0.907 bits per heavy atom. The van der Waals surface area contributed by atoms with Crippen LogP contribution < -0.4 is 22.1 Å². The summed E-state index contributed by atoms with van der Waals surface area (Å²) in [4.78, 5) is 11.4. The smallest absolute Gasteiger partial charge is 0.123 e. The Labute approximate surface area is 336 Å². The zero-order valence-corrected chi connectivity index (χ0v) is 37.5. The molecule has 0 spiro atoms. The second-order valence-corrected chi connectivity index (χ2v) is 11.3. The number of thiophene rings is 1. The van der Waals surface area contributed by atoms with Crippen LogP contribution in [-0.2, 0) is 9.53 Å². The number of aliphatic hydroxyl groups is 1. The van der Waals surface area contributed by atoms with Crippen LogP contribution in [0.2, 0.25) is 0 Å². The Hall–Kier alpha value is -3.40. The predicted molar refractivity (Wildman–Crippen MR) is 243 cm³/mol. The Bertz CT molecular complexity index is 1150. The molecule has 2 heterocycles. The molecule has 7 N–H and O–H groups in total. The van der Waals surface area contributed by atoms with Gasteiger partial charge in [0.05, 0.1) is 29.8 Å². The summed E-state index contributed by atoms with van der Waals surface area (Å²) in [7, 11) is 1.88. The van der Waals surface area contributed by atoms with Gasteiger partial charge in [-0.1, -0.05) is 114 Å². The molecule has 1 fully saturated rings. The number of aliphatic hydroxyl groups excluding tert-OH is 1. The summed E-state index contributed by atoms with van der Waals surface area (Å²) in [5, 5.41) is 16.9. The van der Waals surface area contributed by atoms with E-state index < -0.39 is 0 Å². The molecule has 3 aromatic rings. The van der Waals surface area contributed by atoms with Gasteiger partial charge in [-0.3, -0.25) is 0 Å². The molecule has 0 radical (unpaired) electrons. The molecule has 7 nitrogen and oxygen atoms in total. The summed E-state index contributed by atoms with van der Waals surface area (Å²) < 4.78 is 17.9. The summed E-state index contributed by atoms with van der Waals surface area (Å²) in [5.74, 6) is -0.264. The second kappa shape index (κ2) is 49.6. The van der Waals surface area contributed by atoms with Gasteiger partial charge in [-0.2, -0.15) is 0 Å². The van der Waals surface area contributed by atoms with E-state index in [1.165, 1.54) is 35.4 Å². The fourth-order valence-electron chi connectivity index (χ4n) is 4.04. The van der Waals surface area contributed by atoms with Crippen LogP contribution in [0.25, 0.3) is 16.1 Å². The van der Waals surface area contributed by atoms with Crippen molar-refractivity contribution >= 4 is 34.7 Å². The standard InChI is InChI=1S/C15H21FN2O.C11H12N2S.C6H12O2.C3H8.5C2H6/c16-14-8-6-13(7-9-14)15(17)12-18-10-4-2-1-3-5-11-19;1-13-10-7-8(4-5-9(10)12)11-3-2-6-14-11;7-5-6-3-1-2-4-8-6;1-3-2;5*1-2/h6-9,11-12,18H,1-5,10,17H2;2-7,13H,12H2,1H3;6-7H,1-5H2;3H2,1-2H3;5*1-2H3/b15-12-;;;;;;;;. The summed E-state index contributed by atoms with van der Waals surface area (Å²) in [6.45, 7) is 26.1.